The van der Waals surface area contributed by atoms with E-state index in [0.717, 1.165) is 42.8 Å². The van der Waals surface area contributed by atoms with Crippen molar-refractivity contribution in [2.75, 3.05) is 52.2 Å². The largest absolute Gasteiger partial charge is 0.496 e. The number of nitrogens with one attached hydrogen (secondary N) is 2. The predicted molar refractivity (Wildman–Crippen MR) is 151 cm³/mol. The number of ether oxygens (including phenoxy) is 1. The number of rotatable bonds is 6. The van der Waals surface area contributed by atoms with Crippen LogP contribution in [0.25, 0.3) is 11.3 Å². The van der Waals surface area contributed by atoms with Gasteiger partial charge in [0, 0.05) is 37.1 Å². The van der Waals surface area contributed by atoms with Gasteiger partial charge < -0.3 is 9.64 Å². The molecule has 3 heterocycles. The van der Waals surface area contributed by atoms with Crippen molar-refractivity contribution in [1.82, 2.24) is 25.2 Å². The van der Waals surface area contributed by atoms with Gasteiger partial charge in [-0.1, -0.05) is 31.7 Å². The summed E-state index contributed by atoms with van der Waals surface area (Å²) in [6.45, 7) is 3.41. The van der Waals surface area contributed by atoms with Crippen molar-refractivity contribution in [3.05, 3.63) is 29.1 Å². The van der Waals surface area contributed by atoms with Crippen molar-refractivity contribution in [2.24, 2.45) is 0 Å². The normalized spacial score (nSPS) is 21.7. The van der Waals surface area contributed by atoms with Crippen molar-refractivity contribution in [3.8, 4) is 17.0 Å². The maximum atomic E-state index is 13.0. The van der Waals surface area contributed by atoms with E-state index in [0.29, 0.717) is 37.2 Å². The SMILES string of the molecule is COc1ccc(C2CCCCC2)cc1-c1csc(NC(=O)NN2CCN(C(=O)C3CCCCN3C)CC2)n1. The number of aromatic nitrogens is 1. The zero-order chi connectivity index (χ0) is 26.5. The second kappa shape index (κ2) is 12.4. The number of methoxy groups -OCH3 is 1. The Morgan fingerprint density at radius 2 is 1.76 bits per heavy atom. The van der Waals surface area contributed by atoms with E-state index in [2.05, 4.69) is 27.8 Å². The average molecular weight is 541 g/mol. The van der Waals surface area contributed by atoms with E-state index in [-0.39, 0.29) is 18.0 Å². The van der Waals surface area contributed by atoms with Gasteiger partial charge in [0.05, 0.1) is 18.8 Å². The number of likely N-dealkylation sites (tertiary alicyclic amines) is 1. The minimum absolute atomic E-state index is 0.00681. The predicted octanol–water partition coefficient (Wildman–Crippen LogP) is 4.53. The zero-order valence-electron chi connectivity index (χ0n) is 22.6. The first-order valence-electron chi connectivity index (χ1n) is 14.0. The molecular weight excluding hydrogens is 500 g/mol. The van der Waals surface area contributed by atoms with Gasteiger partial charge in [0.15, 0.2) is 5.13 Å². The third-order valence-corrected chi connectivity index (χ3v) is 8.96. The van der Waals surface area contributed by atoms with E-state index < -0.39 is 0 Å². The summed E-state index contributed by atoms with van der Waals surface area (Å²) in [5.41, 5.74) is 6.02. The third-order valence-electron chi connectivity index (χ3n) is 8.21. The Morgan fingerprint density at radius 3 is 2.50 bits per heavy atom. The standard InChI is InChI=1S/C28H40N6O3S/c1-32-13-7-6-10-24(32)26(35)33-14-16-34(17-15-33)31-27(36)30-28-29-23(19-38-28)22-18-21(11-12-25(22)37-2)20-8-4-3-5-9-20/h11-12,18-20,24H,3-10,13-17H2,1-2H3,(H2,29,30,31,36). The van der Waals surface area contributed by atoms with Gasteiger partial charge in [-0.15, -0.1) is 11.3 Å². The molecule has 9 nitrogen and oxygen atoms in total. The molecule has 0 radical (unpaired) electrons. The third kappa shape index (κ3) is 6.30. The molecule has 206 valence electrons. The van der Waals surface area contributed by atoms with E-state index in [4.69, 9.17) is 9.72 Å². The second-order valence-corrected chi connectivity index (χ2v) is 11.6. The number of carbonyl (C=O) groups excluding carboxylic acids is 2. The minimum Gasteiger partial charge on any atom is -0.496 e. The van der Waals surface area contributed by atoms with Crippen LogP contribution in [0, 0.1) is 0 Å². The maximum Gasteiger partial charge on any atom is 0.335 e. The van der Waals surface area contributed by atoms with Gasteiger partial charge in [-0.2, -0.15) is 0 Å². The molecule has 3 aliphatic rings. The summed E-state index contributed by atoms with van der Waals surface area (Å²) < 4.78 is 5.63. The van der Waals surface area contributed by atoms with Crippen molar-refractivity contribution >= 4 is 28.4 Å². The average Bonchev–Trinajstić information content (AvgIpc) is 3.41. The number of thiazole rings is 1. The van der Waals surface area contributed by atoms with E-state index >= 15 is 0 Å². The lowest BCUT2D eigenvalue weighted by molar-refractivity contribution is -0.139. The smallest absolute Gasteiger partial charge is 0.335 e. The first kappa shape index (κ1) is 26.9. The number of benzene rings is 1. The quantitative estimate of drug-likeness (QED) is 0.560. The number of urea groups is 1. The Kier molecular flexibility index (Phi) is 8.81. The van der Waals surface area contributed by atoms with E-state index in [1.54, 1.807) is 7.11 Å². The van der Waals surface area contributed by atoms with Crippen molar-refractivity contribution in [2.45, 2.75) is 63.3 Å². The summed E-state index contributed by atoms with van der Waals surface area (Å²) in [4.78, 5) is 34.5. The molecule has 3 fully saturated rings. The number of carbonyl (C=O) groups is 2. The van der Waals surface area contributed by atoms with Gasteiger partial charge in [-0.05, 0) is 62.9 Å². The molecule has 0 spiro atoms. The van der Waals surface area contributed by atoms with Crippen molar-refractivity contribution in [3.63, 3.8) is 0 Å². The molecule has 0 bridgehead atoms. The monoisotopic (exact) mass is 540 g/mol. The molecule has 1 aliphatic carbocycles. The van der Waals surface area contributed by atoms with Crippen molar-refractivity contribution in [1.29, 1.82) is 0 Å². The van der Waals surface area contributed by atoms with Gasteiger partial charge in [-0.3, -0.25) is 20.4 Å². The maximum absolute atomic E-state index is 13.0. The second-order valence-electron chi connectivity index (χ2n) is 10.7. The fourth-order valence-corrected chi connectivity index (χ4v) is 6.68. The lowest BCUT2D eigenvalue weighted by atomic mass is 9.83. The molecule has 1 saturated carbocycles. The lowest BCUT2D eigenvalue weighted by Gasteiger charge is -2.39. The molecule has 3 amide bonds. The number of anilines is 1. The van der Waals surface area contributed by atoms with E-state index in [1.807, 2.05) is 28.4 Å². The highest BCUT2D eigenvalue weighted by Gasteiger charge is 2.31. The molecule has 1 unspecified atom stereocenters. The number of hydrogen-bond acceptors (Lipinski definition) is 7. The van der Waals surface area contributed by atoms with Gasteiger partial charge in [0.1, 0.15) is 5.75 Å². The summed E-state index contributed by atoms with van der Waals surface area (Å²) >= 11 is 1.40. The first-order valence-corrected chi connectivity index (χ1v) is 14.8. The van der Waals surface area contributed by atoms with Crippen LogP contribution in [0.15, 0.2) is 23.6 Å². The van der Waals surface area contributed by atoms with Crippen LogP contribution in [0.2, 0.25) is 0 Å². The fraction of sp³-hybridized carbons (Fsp3) is 0.607. The molecule has 1 atom stereocenters. The molecule has 2 saturated heterocycles. The molecule has 2 aromatic rings. The van der Waals surface area contributed by atoms with Crippen LogP contribution in [-0.2, 0) is 4.79 Å². The molecule has 1 aromatic heterocycles. The highest BCUT2D eigenvalue weighted by atomic mass is 32.1. The number of piperidine rings is 1. The molecule has 2 N–H and O–H groups in total. The summed E-state index contributed by atoms with van der Waals surface area (Å²) in [7, 11) is 3.72. The van der Waals surface area contributed by atoms with Crippen molar-refractivity contribution < 1.29 is 14.3 Å². The number of amides is 3. The van der Waals surface area contributed by atoms with Crippen LogP contribution >= 0.6 is 11.3 Å². The Hall–Kier alpha value is -2.69. The van der Waals surface area contributed by atoms with Gasteiger partial charge in [0.25, 0.3) is 0 Å². The minimum atomic E-state index is -0.319. The Bertz CT molecular complexity index is 1110. The molecule has 2 aliphatic heterocycles. The first-order chi connectivity index (χ1) is 18.5. The van der Waals surface area contributed by atoms with Crippen LogP contribution < -0.4 is 15.5 Å². The number of likely N-dealkylation sites (N-methyl/N-ethyl adjacent to an activating group) is 1. The van der Waals surface area contributed by atoms with Crippen LogP contribution in [0.4, 0.5) is 9.93 Å². The van der Waals surface area contributed by atoms with Crippen LogP contribution in [-0.4, -0.2) is 84.7 Å². The molecule has 38 heavy (non-hydrogen) atoms. The molecule has 10 heteroatoms. The van der Waals surface area contributed by atoms with Gasteiger partial charge >= 0.3 is 6.03 Å². The zero-order valence-corrected chi connectivity index (χ0v) is 23.4. The number of piperazine rings is 1. The Labute approximate surface area is 229 Å². The van der Waals surface area contributed by atoms with E-state index in [9.17, 15) is 9.59 Å². The van der Waals surface area contributed by atoms with E-state index in [1.165, 1.54) is 49.0 Å². The number of nitrogens with zero attached hydrogens (tertiary/aromatic N) is 4. The fourth-order valence-electron chi connectivity index (χ4n) is 5.98. The highest BCUT2D eigenvalue weighted by Crippen LogP contribution is 2.38. The topological polar surface area (TPSA) is 90.0 Å². The van der Waals surface area contributed by atoms with Crippen LogP contribution in [0.3, 0.4) is 0 Å². The lowest BCUT2D eigenvalue weighted by Crippen LogP contribution is -2.58. The van der Waals surface area contributed by atoms with Crippen LogP contribution in [0.1, 0.15) is 62.8 Å². The molecule has 1 aromatic carbocycles. The number of hydrazine groups is 1. The Balaban J connectivity index is 1.15. The molecule has 5 rings (SSSR count). The summed E-state index contributed by atoms with van der Waals surface area (Å²) in [5, 5.41) is 7.25. The van der Waals surface area contributed by atoms with Crippen LogP contribution in [0.5, 0.6) is 5.75 Å². The number of hydrogen-bond donors (Lipinski definition) is 2. The summed E-state index contributed by atoms with van der Waals surface area (Å²) in [6.07, 6.45) is 9.57. The Morgan fingerprint density at radius 1 is 1.00 bits per heavy atom. The summed E-state index contributed by atoms with van der Waals surface area (Å²) in [5.74, 6) is 1.60. The highest BCUT2D eigenvalue weighted by molar-refractivity contribution is 7.14. The van der Waals surface area contributed by atoms with Gasteiger partial charge in [0.2, 0.25) is 5.91 Å². The van der Waals surface area contributed by atoms with Gasteiger partial charge in [-0.25, -0.2) is 14.8 Å². The summed E-state index contributed by atoms with van der Waals surface area (Å²) in [6, 6.07) is 6.10. The molecular formula is C28H40N6O3S.